The van der Waals surface area contributed by atoms with Crippen LogP contribution in [0.5, 0.6) is 0 Å². The van der Waals surface area contributed by atoms with Crippen molar-refractivity contribution in [2.75, 3.05) is 10.6 Å². The van der Waals surface area contributed by atoms with Gasteiger partial charge in [-0.3, -0.25) is 24.0 Å². The van der Waals surface area contributed by atoms with E-state index in [2.05, 4.69) is 15.2 Å². The lowest BCUT2D eigenvalue weighted by Crippen LogP contribution is -2.41. The topological polar surface area (TPSA) is 132 Å². The molecule has 0 radical (unpaired) electrons. The zero-order chi connectivity index (χ0) is 24.1. The average molecular weight is 460 g/mol. The maximum Gasteiger partial charge on any atom is 0.330 e. The summed E-state index contributed by atoms with van der Waals surface area (Å²) in [5.74, 6) is -0.633. The average Bonchev–Trinajstić information content (AvgIpc) is 3.34. The Morgan fingerprint density at radius 1 is 1.06 bits per heavy atom. The third-order valence-electron chi connectivity index (χ3n) is 5.35. The van der Waals surface area contributed by atoms with E-state index in [4.69, 9.17) is 5.73 Å². The zero-order valence-corrected chi connectivity index (χ0v) is 18.7. The number of nitrogens with two attached hydrogens (primary N) is 1. The number of rotatable bonds is 8. The van der Waals surface area contributed by atoms with Crippen LogP contribution < -0.4 is 21.9 Å². The maximum atomic E-state index is 13.6. The highest BCUT2D eigenvalue weighted by molar-refractivity contribution is 6.05. The molecule has 0 saturated heterocycles. The van der Waals surface area contributed by atoms with Crippen molar-refractivity contribution in [2.45, 2.75) is 32.9 Å². The second-order valence-corrected chi connectivity index (χ2v) is 7.73. The molecule has 10 heteroatoms. The smallest absolute Gasteiger partial charge is 0.330 e. The first-order chi connectivity index (χ1) is 16.5. The highest BCUT2D eigenvalue weighted by Gasteiger charge is 2.27. The summed E-state index contributed by atoms with van der Waals surface area (Å²) in [4.78, 5) is 43.8. The predicted molar refractivity (Wildman–Crippen MR) is 129 cm³/mol. The molecule has 2 aromatic heterocycles. The van der Waals surface area contributed by atoms with Crippen molar-refractivity contribution in [3.63, 3.8) is 0 Å². The quantitative estimate of drug-likeness (QED) is 0.416. The SMILES string of the molecule is CCCCn1c(N)c(N(Cc2ccccc2)C(=O)c2cnn(-c3ccccc3)n2)c(=O)[nH]c1=O. The van der Waals surface area contributed by atoms with E-state index in [0.29, 0.717) is 18.7 Å². The van der Waals surface area contributed by atoms with Crippen molar-refractivity contribution in [1.82, 2.24) is 24.5 Å². The molecule has 4 aromatic rings. The molecule has 34 heavy (non-hydrogen) atoms. The Balaban J connectivity index is 1.80. The van der Waals surface area contributed by atoms with Crippen molar-refractivity contribution >= 4 is 17.4 Å². The van der Waals surface area contributed by atoms with Crippen LogP contribution in [0.3, 0.4) is 0 Å². The fourth-order valence-corrected chi connectivity index (χ4v) is 3.58. The number of H-pyrrole nitrogens is 1. The first-order valence-corrected chi connectivity index (χ1v) is 11.0. The number of benzene rings is 2. The molecule has 0 unspecified atom stereocenters. The van der Waals surface area contributed by atoms with Crippen LogP contribution in [0, 0.1) is 0 Å². The fourth-order valence-electron chi connectivity index (χ4n) is 3.58. The van der Waals surface area contributed by atoms with Gasteiger partial charge in [0, 0.05) is 6.54 Å². The summed E-state index contributed by atoms with van der Waals surface area (Å²) in [7, 11) is 0. The number of nitrogens with one attached hydrogen (secondary N) is 1. The molecule has 0 fully saturated rings. The summed E-state index contributed by atoms with van der Waals surface area (Å²) in [6, 6.07) is 18.3. The van der Waals surface area contributed by atoms with Gasteiger partial charge in [0.25, 0.3) is 11.5 Å². The first kappa shape index (κ1) is 22.7. The molecule has 0 atom stereocenters. The highest BCUT2D eigenvalue weighted by atomic mass is 16.2. The van der Waals surface area contributed by atoms with Crippen LogP contribution in [0.15, 0.2) is 76.4 Å². The lowest BCUT2D eigenvalue weighted by atomic mass is 10.2. The zero-order valence-electron chi connectivity index (χ0n) is 18.7. The summed E-state index contributed by atoms with van der Waals surface area (Å²) in [6.07, 6.45) is 2.86. The molecule has 10 nitrogen and oxygen atoms in total. The minimum atomic E-state index is -0.741. The molecule has 0 aliphatic carbocycles. The summed E-state index contributed by atoms with van der Waals surface area (Å²) < 4.78 is 1.28. The summed E-state index contributed by atoms with van der Waals surface area (Å²) in [5, 5.41) is 8.50. The number of carbonyl (C=O) groups is 1. The third kappa shape index (κ3) is 4.65. The number of nitrogen functional groups attached to an aromatic ring is 1. The highest BCUT2D eigenvalue weighted by Crippen LogP contribution is 2.22. The molecule has 2 aromatic carbocycles. The van der Waals surface area contributed by atoms with Gasteiger partial charge in [-0.15, -0.1) is 5.10 Å². The number of nitrogens with zero attached hydrogens (tertiary/aromatic N) is 5. The van der Waals surface area contributed by atoms with E-state index in [-0.39, 0.29) is 23.7 Å². The van der Waals surface area contributed by atoms with Crippen molar-refractivity contribution in [1.29, 1.82) is 0 Å². The largest absolute Gasteiger partial charge is 0.383 e. The Hall–Kier alpha value is -4.47. The Morgan fingerprint density at radius 3 is 2.41 bits per heavy atom. The number of aromatic nitrogens is 5. The number of hydrogen-bond acceptors (Lipinski definition) is 6. The van der Waals surface area contributed by atoms with Crippen LogP contribution in [0.1, 0.15) is 35.8 Å². The van der Waals surface area contributed by atoms with Crippen molar-refractivity contribution in [2.24, 2.45) is 0 Å². The number of amides is 1. The fraction of sp³-hybridized carbons (Fsp3) is 0.208. The Morgan fingerprint density at radius 2 is 1.74 bits per heavy atom. The van der Waals surface area contributed by atoms with Crippen LogP contribution in [-0.2, 0) is 13.1 Å². The van der Waals surface area contributed by atoms with E-state index in [1.54, 1.807) is 0 Å². The van der Waals surface area contributed by atoms with Gasteiger partial charge < -0.3 is 5.73 Å². The van der Waals surface area contributed by atoms with Gasteiger partial charge in [-0.05, 0) is 24.1 Å². The molecular weight excluding hydrogens is 434 g/mol. The van der Waals surface area contributed by atoms with Gasteiger partial charge >= 0.3 is 5.69 Å². The van der Waals surface area contributed by atoms with Gasteiger partial charge in [-0.25, -0.2) is 4.79 Å². The monoisotopic (exact) mass is 459 g/mol. The molecular formula is C24H25N7O3. The van der Waals surface area contributed by atoms with Gasteiger partial charge in [0.05, 0.1) is 18.4 Å². The molecule has 3 N–H and O–H groups in total. The molecule has 1 amide bonds. The molecule has 0 saturated carbocycles. The van der Waals surface area contributed by atoms with Gasteiger partial charge in [-0.1, -0.05) is 61.9 Å². The number of unbranched alkanes of at least 4 members (excludes halogenated alkanes) is 1. The second kappa shape index (κ2) is 9.99. The first-order valence-electron chi connectivity index (χ1n) is 11.0. The van der Waals surface area contributed by atoms with Crippen molar-refractivity contribution in [3.8, 4) is 5.69 Å². The standard InChI is InChI=1S/C24H25N7O3/c1-2-3-14-29-21(25)20(22(32)27-24(29)34)30(16-17-10-6-4-7-11-17)23(33)19-15-26-31(28-19)18-12-8-5-9-13-18/h4-13,15H,2-3,14,16,25H2,1H3,(H,27,32,34). The number of anilines is 2. The van der Waals surface area contributed by atoms with Gasteiger partial charge in [0.1, 0.15) is 5.82 Å². The van der Waals surface area contributed by atoms with Gasteiger partial charge in [0.2, 0.25) is 0 Å². The van der Waals surface area contributed by atoms with Crippen molar-refractivity contribution in [3.05, 3.63) is 99.0 Å². The second-order valence-electron chi connectivity index (χ2n) is 7.73. The molecule has 4 rings (SSSR count). The van der Waals surface area contributed by atoms with Crippen LogP contribution in [0.4, 0.5) is 11.5 Å². The van der Waals surface area contributed by atoms with Gasteiger partial charge in [-0.2, -0.15) is 9.90 Å². The van der Waals surface area contributed by atoms with E-state index < -0.39 is 17.2 Å². The summed E-state index contributed by atoms with van der Waals surface area (Å²) in [6.45, 7) is 2.36. The number of aromatic amines is 1. The lowest BCUT2D eigenvalue weighted by molar-refractivity contribution is 0.0979. The van der Waals surface area contributed by atoms with Crippen molar-refractivity contribution < 1.29 is 4.79 Å². The summed E-state index contributed by atoms with van der Waals surface area (Å²) in [5.41, 5.74) is 6.34. The minimum Gasteiger partial charge on any atom is -0.383 e. The van der Waals surface area contributed by atoms with E-state index in [1.807, 2.05) is 67.6 Å². The van der Waals surface area contributed by atoms with Crippen LogP contribution in [0.25, 0.3) is 5.69 Å². The number of carbonyl (C=O) groups excluding carboxylic acids is 1. The van der Waals surface area contributed by atoms with E-state index in [9.17, 15) is 14.4 Å². The maximum absolute atomic E-state index is 13.6. The molecule has 0 aliphatic heterocycles. The lowest BCUT2D eigenvalue weighted by Gasteiger charge is -2.24. The van der Waals surface area contributed by atoms with Crippen LogP contribution in [-0.4, -0.2) is 30.5 Å². The summed E-state index contributed by atoms with van der Waals surface area (Å²) >= 11 is 0. The van der Waals surface area contributed by atoms with E-state index in [0.717, 1.165) is 12.0 Å². The third-order valence-corrected chi connectivity index (χ3v) is 5.35. The van der Waals surface area contributed by atoms with Crippen LogP contribution >= 0.6 is 0 Å². The molecule has 174 valence electrons. The predicted octanol–water partition coefficient (Wildman–Crippen LogP) is 2.35. The normalized spacial score (nSPS) is 10.9. The molecule has 0 bridgehead atoms. The molecule has 0 aliphatic rings. The Kier molecular flexibility index (Phi) is 6.67. The van der Waals surface area contributed by atoms with Crippen LogP contribution in [0.2, 0.25) is 0 Å². The van der Waals surface area contributed by atoms with Gasteiger partial charge in [0.15, 0.2) is 11.4 Å². The minimum absolute atomic E-state index is 0.0323. The number of para-hydroxylation sites is 1. The number of hydrogen-bond donors (Lipinski definition) is 2. The molecule has 2 heterocycles. The Bertz CT molecular complexity index is 1390. The molecule has 0 spiro atoms. The van der Waals surface area contributed by atoms with E-state index in [1.165, 1.54) is 20.5 Å². The van der Waals surface area contributed by atoms with E-state index >= 15 is 0 Å². The Labute approximate surface area is 195 Å².